The Morgan fingerprint density at radius 3 is 2.70 bits per heavy atom. The van der Waals surface area contributed by atoms with E-state index in [-0.39, 0.29) is 28.7 Å². The van der Waals surface area contributed by atoms with E-state index in [0.29, 0.717) is 24.2 Å². The van der Waals surface area contributed by atoms with Gasteiger partial charge in [-0.15, -0.1) is 0 Å². The maximum Gasteiger partial charge on any atom is 0.166 e. The van der Waals surface area contributed by atoms with Gasteiger partial charge in [-0.3, -0.25) is 4.68 Å². The molecule has 158 valence electrons. The molecular weight excluding hydrogens is 419 g/mol. The lowest BCUT2D eigenvalue weighted by molar-refractivity contribution is 0.0662. The Kier molecular flexibility index (Phi) is 5.33. The van der Waals surface area contributed by atoms with Crippen LogP contribution in [0.5, 0.6) is 5.75 Å². The van der Waals surface area contributed by atoms with Crippen LogP contribution in [0.15, 0.2) is 36.8 Å². The van der Waals surface area contributed by atoms with Gasteiger partial charge < -0.3 is 15.8 Å². The van der Waals surface area contributed by atoms with Crippen LogP contribution in [0.4, 0.5) is 19.0 Å². The molecule has 0 saturated carbocycles. The number of aromatic nitrogens is 3. The number of hydrogen-bond donors (Lipinski definition) is 2. The lowest BCUT2D eigenvalue weighted by Crippen LogP contribution is -2.58. The average molecular weight is 438 g/mol. The first-order valence-corrected chi connectivity index (χ1v) is 9.61. The van der Waals surface area contributed by atoms with Gasteiger partial charge in [-0.2, -0.15) is 5.10 Å². The van der Waals surface area contributed by atoms with Crippen LogP contribution in [0.1, 0.15) is 18.6 Å². The summed E-state index contributed by atoms with van der Waals surface area (Å²) in [6.07, 6.45) is 3.88. The number of hydrogen-bond acceptors (Lipinski definition) is 5. The molecule has 1 atom stereocenters. The first kappa shape index (κ1) is 20.5. The van der Waals surface area contributed by atoms with E-state index in [4.69, 9.17) is 22.1 Å². The summed E-state index contributed by atoms with van der Waals surface area (Å²) < 4.78 is 49.5. The molecule has 1 aromatic carbocycles. The molecule has 3 aromatic rings. The molecule has 1 aliphatic heterocycles. The Morgan fingerprint density at radius 1 is 1.27 bits per heavy atom. The number of nitrogens with zero attached hydrogens (tertiary/aromatic N) is 3. The third kappa shape index (κ3) is 3.95. The van der Waals surface area contributed by atoms with Gasteiger partial charge in [0.15, 0.2) is 17.2 Å². The topological polar surface area (TPSA) is 78.0 Å². The molecule has 30 heavy (non-hydrogen) atoms. The van der Waals surface area contributed by atoms with Crippen LogP contribution in [0, 0.1) is 11.6 Å². The minimum atomic E-state index is -1.30. The van der Waals surface area contributed by atoms with Crippen molar-refractivity contribution in [2.24, 2.45) is 0 Å². The number of alkyl halides is 1. The third-order valence-electron chi connectivity index (χ3n) is 4.97. The summed E-state index contributed by atoms with van der Waals surface area (Å²) in [5.41, 5.74) is 5.79. The summed E-state index contributed by atoms with van der Waals surface area (Å²) in [6.45, 7) is 2.25. The van der Waals surface area contributed by atoms with Crippen molar-refractivity contribution in [2.45, 2.75) is 25.2 Å². The van der Waals surface area contributed by atoms with E-state index >= 15 is 0 Å². The number of nitrogens with one attached hydrogen (secondary N) is 1. The molecule has 10 heteroatoms. The zero-order chi connectivity index (χ0) is 21.5. The summed E-state index contributed by atoms with van der Waals surface area (Å²) in [7, 11) is 0. The molecule has 0 unspecified atom stereocenters. The summed E-state index contributed by atoms with van der Waals surface area (Å²) in [5, 5.41) is 6.74. The quantitative estimate of drug-likeness (QED) is 0.572. The van der Waals surface area contributed by atoms with Crippen molar-refractivity contribution in [3.8, 4) is 16.9 Å². The molecule has 0 amide bonds. The molecule has 4 rings (SSSR count). The van der Waals surface area contributed by atoms with E-state index in [1.54, 1.807) is 18.5 Å². The molecule has 0 bridgehead atoms. The Labute approximate surface area is 175 Å². The minimum absolute atomic E-state index is 0.0779. The normalized spacial score (nSPS) is 16.2. The molecule has 1 aliphatic rings. The highest BCUT2D eigenvalue weighted by Crippen LogP contribution is 2.34. The van der Waals surface area contributed by atoms with E-state index in [0.717, 1.165) is 12.1 Å². The minimum Gasteiger partial charge on any atom is -0.482 e. The first-order valence-electron chi connectivity index (χ1n) is 9.24. The fraction of sp³-hybridized carbons (Fsp3) is 0.300. The lowest BCUT2D eigenvalue weighted by atomic mass is 10.00. The molecule has 1 fully saturated rings. The predicted octanol–water partition coefficient (Wildman–Crippen LogP) is 3.91. The zero-order valence-electron chi connectivity index (χ0n) is 16.0. The number of halogens is 4. The van der Waals surface area contributed by atoms with Gasteiger partial charge >= 0.3 is 0 Å². The molecule has 1 saturated heterocycles. The van der Waals surface area contributed by atoms with Crippen LogP contribution in [-0.4, -0.2) is 33.5 Å². The first-order chi connectivity index (χ1) is 14.3. The number of ether oxygens (including phenoxy) is 1. The van der Waals surface area contributed by atoms with Crippen LogP contribution in [0.25, 0.3) is 11.1 Å². The van der Waals surface area contributed by atoms with E-state index in [1.807, 2.05) is 0 Å². The lowest BCUT2D eigenvalue weighted by Gasteiger charge is -2.34. The molecule has 3 heterocycles. The van der Waals surface area contributed by atoms with Crippen molar-refractivity contribution in [1.82, 2.24) is 20.1 Å². The van der Waals surface area contributed by atoms with Gasteiger partial charge in [0.05, 0.1) is 17.8 Å². The van der Waals surface area contributed by atoms with Crippen LogP contribution in [-0.2, 0) is 6.54 Å². The Bertz CT molecular complexity index is 1090. The second-order valence-electron chi connectivity index (χ2n) is 7.31. The third-order valence-corrected chi connectivity index (χ3v) is 5.35. The molecule has 0 aliphatic carbocycles. The highest BCUT2D eigenvalue weighted by Gasteiger charge is 2.37. The number of rotatable bonds is 6. The summed E-state index contributed by atoms with van der Waals surface area (Å²) in [5.74, 6) is -1.18. The number of nitrogen functional groups attached to an aromatic ring is 1. The fourth-order valence-corrected chi connectivity index (χ4v) is 3.58. The van der Waals surface area contributed by atoms with E-state index in [1.165, 1.54) is 17.8 Å². The summed E-state index contributed by atoms with van der Waals surface area (Å²) in [4.78, 5) is 4.11. The monoisotopic (exact) mass is 437 g/mol. The molecule has 2 aromatic heterocycles. The van der Waals surface area contributed by atoms with Crippen molar-refractivity contribution >= 4 is 17.4 Å². The maximum absolute atomic E-state index is 14.3. The van der Waals surface area contributed by atoms with Crippen molar-refractivity contribution < 1.29 is 17.9 Å². The van der Waals surface area contributed by atoms with Crippen LogP contribution >= 0.6 is 11.6 Å². The SMILES string of the molecule is C[C@@H](Oc1cc(-c2cnn(CC3(F)CNC3)c2)cnc1N)c1c(F)ccc(F)c1Cl. The van der Waals surface area contributed by atoms with Crippen molar-refractivity contribution in [1.29, 1.82) is 0 Å². The van der Waals surface area contributed by atoms with Gasteiger partial charge in [0.2, 0.25) is 0 Å². The van der Waals surface area contributed by atoms with Gasteiger partial charge in [0.25, 0.3) is 0 Å². The van der Waals surface area contributed by atoms with Gasteiger partial charge in [0.1, 0.15) is 17.7 Å². The second-order valence-corrected chi connectivity index (χ2v) is 7.68. The fourth-order valence-electron chi connectivity index (χ4n) is 3.27. The molecule has 0 radical (unpaired) electrons. The zero-order valence-corrected chi connectivity index (χ0v) is 16.8. The second kappa shape index (κ2) is 7.81. The van der Waals surface area contributed by atoms with Gasteiger partial charge in [-0.05, 0) is 25.1 Å². The van der Waals surface area contributed by atoms with Gasteiger partial charge in [0, 0.05) is 42.2 Å². The van der Waals surface area contributed by atoms with Crippen LogP contribution in [0.3, 0.4) is 0 Å². The van der Waals surface area contributed by atoms with Gasteiger partial charge in [-0.25, -0.2) is 18.2 Å². The standard InChI is InChI=1S/C20H19ClF3N5O/c1-11(17-14(22)2-3-15(23)18(17)21)30-16-4-12(5-27-19(16)25)13-6-28-29(7-13)10-20(24)8-26-9-20/h2-7,11,26H,8-10H2,1H3,(H2,25,27)/t11-/m1/s1. The number of nitrogens with two attached hydrogens (primary N) is 1. The van der Waals surface area contributed by atoms with Gasteiger partial charge in [-0.1, -0.05) is 11.6 Å². The molecule has 3 N–H and O–H groups in total. The maximum atomic E-state index is 14.3. The Balaban J connectivity index is 1.57. The molecule has 0 spiro atoms. The summed E-state index contributed by atoms with van der Waals surface area (Å²) >= 11 is 5.91. The Hall–Kier alpha value is -2.78. The highest BCUT2D eigenvalue weighted by atomic mass is 35.5. The van der Waals surface area contributed by atoms with Crippen molar-refractivity contribution in [3.63, 3.8) is 0 Å². The smallest absolute Gasteiger partial charge is 0.166 e. The Morgan fingerprint density at radius 2 is 2.00 bits per heavy atom. The molecule has 6 nitrogen and oxygen atoms in total. The number of pyridine rings is 1. The number of anilines is 1. The number of benzene rings is 1. The summed E-state index contributed by atoms with van der Waals surface area (Å²) in [6, 6.07) is 3.54. The van der Waals surface area contributed by atoms with E-state index in [2.05, 4.69) is 15.4 Å². The average Bonchev–Trinajstić information content (AvgIpc) is 3.14. The largest absolute Gasteiger partial charge is 0.482 e. The predicted molar refractivity (Wildman–Crippen MR) is 107 cm³/mol. The van der Waals surface area contributed by atoms with Crippen molar-refractivity contribution in [3.05, 3.63) is 59.0 Å². The van der Waals surface area contributed by atoms with Crippen molar-refractivity contribution in [2.75, 3.05) is 18.8 Å². The van der Waals surface area contributed by atoms with Crippen LogP contribution < -0.4 is 15.8 Å². The van der Waals surface area contributed by atoms with E-state index < -0.39 is 23.4 Å². The van der Waals surface area contributed by atoms with E-state index in [9.17, 15) is 13.2 Å². The highest BCUT2D eigenvalue weighted by molar-refractivity contribution is 6.31. The van der Waals surface area contributed by atoms with Crippen LogP contribution in [0.2, 0.25) is 5.02 Å². The molecular formula is C20H19ClF3N5O.